The number of hydrogen-bond donors (Lipinski definition) is 2. The summed E-state index contributed by atoms with van der Waals surface area (Å²) in [6.07, 6.45) is 1.16. The molecule has 5 heteroatoms. The molecule has 1 unspecified atom stereocenters. The van der Waals surface area contributed by atoms with Crippen molar-refractivity contribution >= 4 is 17.0 Å². The summed E-state index contributed by atoms with van der Waals surface area (Å²) in [5.74, 6) is 0.668. The van der Waals surface area contributed by atoms with Crippen LogP contribution >= 0.6 is 0 Å². The lowest BCUT2D eigenvalue weighted by Crippen LogP contribution is -2.25. The highest BCUT2D eigenvalue weighted by Gasteiger charge is 2.06. The van der Waals surface area contributed by atoms with Gasteiger partial charge in [0, 0.05) is 25.9 Å². The highest BCUT2D eigenvalue weighted by atomic mass is 16.3. The number of rotatable bonds is 5. The van der Waals surface area contributed by atoms with Crippen LogP contribution in [-0.2, 0) is 11.3 Å². The predicted molar refractivity (Wildman–Crippen MR) is 73.5 cm³/mol. The molecule has 0 aliphatic carbocycles. The van der Waals surface area contributed by atoms with E-state index < -0.39 is 0 Å². The molecule has 19 heavy (non-hydrogen) atoms. The number of nitrogens with zero attached hydrogens (tertiary/aromatic N) is 1. The molecule has 1 aromatic carbocycles. The van der Waals surface area contributed by atoms with Gasteiger partial charge in [0.15, 0.2) is 11.5 Å². The molecule has 1 heterocycles. The Kier molecular flexibility index (Phi) is 4.16. The van der Waals surface area contributed by atoms with Crippen molar-refractivity contribution in [2.45, 2.75) is 39.3 Å². The van der Waals surface area contributed by atoms with E-state index in [0.29, 0.717) is 25.3 Å². The monoisotopic (exact) mass is 261 g/mol. The van der Waals surface area contributed by atoms with Crippen LogP contribution in [0.1, 0.15) is 31.2 Å². The summed E-state index contributed by atoms with van der Waals surface area (Å²) < 4.78 is 5.40. The summed E-state index contributed by atoms with van der Waals surface area (Å²) in [6.45, 7) is 4.21. The lowest BCUT2D eigenvalue weighted by atomic mass is 10.1. The molecule has 0 aliphatic rings. The minimum absolute atomic E-state index is 0.0220. The molecule has 0 radical (unpaired) electrons. The molecule has 5 nitrogen and oxygen atoms in total. The third-order valence-corrected chi connectivity index (χ3v) is 2.88. The number of oxazole rings is 1. The molecular formula is C14H19N3O2. The largest absolute Gasteiger partial charge is 0.441 e. The van der Waals surface area contributed by atoms with Crippen LogP contribution in [0.2, 0.25) is 0 Å². The third kappa shape index (κ3) is 3.79. The van der Waals surface area contributed by atoms with Crippen LogP contribution in [-0.4, -0.2) is 16.9 Å². The van der Waals surface area contributed by atoms with Crippen molar-refractivity contribution in [1.29, 1.82) is 0 Å². The second-order valence-corrected chi connectivity index (χ2v) is 4.83. The Balaban J connectivity index is 1.92. The van der Waals surface area contributed by atoms with E-state index in [1.165, 1.54) is 0 Å². The van der Waals surface area contributed by atoms with Gasteiger partial charge >= 0.3 is 0 Å². The van der Waals surface area contributed by atoms with Gasteiger partial charge in [-0.1, -0.05) is 6.07 Å². The number of nitrogens with two attached hydrogens (primary N) is 1. The number of carbonyl (C=O) groups is 1. The summed E-state index contributed by atoms with van der Waals surface area (Å²) in [7, 11) is 0. The van der Waals surface area contributed by atoms with Crippen molar-refractivity contribution in [1.82, 2.24) is 10.3 Å². The van der Waals surface area contributed by atoms with Crippen molar-refractivity contribution in [2.24, 2.45) is 5.73 Å². The molecule has 3 N–H and O–H groups in total. The zero-order chi connectivity index (χ0) is 13.8. The van der Waals surface area contributed by atoms with E-state index in [1.54, 1.807) is 0 Å². The molecule has 0 fully saturated rings. The first-order chi connectivity index (χ1) is 9.04. The molecule has 1 amide bonds. The van der Waals surface area contributed by atoms with Crippen molar-refractivity contribution in [3.8, 4) is 0 Å². The van der Waals surface area contributed by atoms with Gasteiger partial charge in [0.25, 0.3) is 0 Å². The molecular weight excluding hydrogens is 242 g/mol. The predicted octanol–water partition coefficient (Wildman–Crippen LogP) is 1.88. The molecule has 2 rings (SSSR count). The van der Waals surface area contributed by atoms with Gasteiger partial charge in [0.1, 0.15) is 5.52 Å². The molecule has 0 aliphatic heterocycles. The topological polar surface area (TPSA) is 81.2 Å². The maximum absolute atomic E-state index is 11.6. The van der Waals surface area contributed by atoms with Crippen LogP contribution < -0.4 is 11.1 Å². The number of hydrogen-bond acceptors (Lipinski definition) is 4. The van der Waals surface area contributed by atoms with E-state index in [0.717, 1.165) is 16.7 Å². The number of benzene rings is 1. The first-order valence-corrected chi connectivity index (χ1v) is 6.43. The second kappa shape index (κ2) is 5.84. The lowest BCUT2D eigenvalue weighted by molar-refractivity contribution is -0.121. The SMILES string of the molecule is Cc1nc2cc(CNC(=O)CCC(C)N)ccc2o1. The van der Waals surface area contributed by atoms with Gasteiger partial charge in [-0.15, -0.1) is 0 Å². The highest BCUT2D eigenvalue weighted by Crippen LogP contribution is 2.16. The summed E-state index contributed by atoms with van der Waals surface area (Å²) in [5, 5.41) is 2.87. The number of carbonyl (C=O) groups excluding carboxylic acids is 1. The van der Waals surface area contributed by atoms with Gasteiger partial charge < -0.3 is 15.5 Å². The molecule has 0 saturated heterocycles. The van der Waals surface area contributed by atoms with Gasteiger partial charge in [0.05, 0.1) is 0 Å². The van der Waals surface area contributed by atoms with Crippen molar-refractivity contribution in [2.75, 3.05) is 0 Å². The maximum atomic E-state index is 11.6. The van der Waals surface area contributed by atoms with Gasteiger partial charge in [0.2, 0.25) is 5.91 Å². The highest BCUT2D eigenvalue weighted by molar-refractivity contribution is 5.76. The number of aromatic nitrogens is 1. The lowest BCUT2D eigenvalue weighted by Gasteiger charge is -2.06. The van der Waals surface area contributed by atoms with Gasteiger partial charge in [-0.3, -0.25) is 4.79 Å². The van der Waals surface area contributed by atoms with Crippen molar-refractivity contribution in [3.63, 3.8) is 0 Å². The van der Waals surface area contributed by atoms with Crippen molar-refractivity contribution < 1.29 is 9.21 Å². The van der Waals surface area contributed by atoms with E-state index in [9.17, 15) is 4.79 Å². The van der Waals surface area contributed by atoms with E-state index in [2.05, 4.69) is 10.3 Å². The Morgan fingerprint density at radius 3 is 3.05 bits per heavy atom. The minimum atomic E-state index is 0.0220. The normalized spacial score (nSPS) is 12.6. The Morgan fingerprint density at radius 1 is 1.53 bits per heavy atom. The molecule has 0 saturated carbocycles. The summed E-state index contributed by atoms with van der Waals surface area (Å²) in [6, 6.07) is 5.79. The number of nitrogens with one attached hydrogen (secondary N) is 1. The molecule has 102 valence electrons. The van der Waals surface area contributed by atoms with Gasteiger partial charge in [-0.2, -0.15) is 0 Å². The molecule has 1 atom stereocenters. The fourth-order valence-corrected chi connectivity index (χ4v) is 1.85. The second-order valence-electron chi connectivity index (χ2n) is 4.83. The number of fused-ring (bicyclic) bond motifs is 1. The van der Waals surface area contributed by atoms with Crippen LogP contribution in [0.3, 0.4) is 0 Å². The summed E-state index contributed by atoms with van der Waals surface area (Å²) in [5.41, 5.74) is 8.21. The Bertz CT molecular complexity index is 575. The van der Waals surface area contributed by atoms with E-state index in [1.807, 2.05) is 32.0 Å². The summed E-state index contributed by atoms with van der Waals surface area (Å²) in [4.78, 5) is 15.9. The summed E-state index contributed by atoms with van der Waals surface area (Å²) >= 11 is 0. The Morgan fingerprint density at radius 2 is 2.32 bits per heavy atom. The van der Waals surface area contributed by atoms with E-state index in [-0.39, 0.29) is 11.9 Å². The number of aryl methyl sites for hydroxylation is 1. The third-order valence-electron chi connectivity index (χ3n) is 2.88. The van der Waals surface area contributed by atoms with Crippen LogP contribution in [0, 0.1) is 6.92 Å². The minimum Gasteiger partial charge on any atom is -0.441 e. The fourth-order valence-electron chi connectivity index (χ4n) is 1.85. The van der Waals surface area contributed by atoms with E-state index >= 15 is 0 Å². The zero-order valence-corrected chi connectivity index (χ0v) is 11.3. The van der Waals surface area contributed by atoms with Gasteiger partial charge in [-0.25, -0.2) is 4.98 Å². The van der Waals surface area contributed by atoms with Crippen molar-refractivity contribution in [3.05, 3.63) is 29.7 Å². The van der Waals surface area contributed by atoms with Gasteiger partial charge in [-0.05, 0) is 31.0 Å². The van der Waals surface area contributed by atoms with E-state index in [4.69, 9.17) is 10.2 Å². The smallest absolute Gasteiger partial charge is 0.220 e. The molecule has 0 bridgehead atoms. The average molecular weight is 261 g/mol. The first kappa shape index (κ1) is 13.5. The average Bonchev–Trinajstić information content (AvgIpc) is 2.73. The Hall–Kier alpha value is -1.88. The molecule has 2 aromatic rings. The standard InChI is InChI=1S/C14H19N3O2/c1-9(15)3-6-14(18)16-8-11-4-5-13-12(7-11)17-10(2)19-13/h4-5,7,9H,3,6,8,15H2,1-2H3,(H,16,18). The fraction of sp³-hybridized carbons (Fsp3) is 0.429. The Labute approximate surface area is 112 Å². The maximum Gasteiger partial charge on any atom is 0.220 e. The van der Waals surface area contributed by atoms with Crippen LogP contribution in [0.15, 0.2) is 22.6 Å². The van der Waals surface area contributed by atoms with Crippen LogP contribution in [0.4, 0.5) is 0 Å². The molecule has 0 spiro atoms. The van der Waals surface area contributed by atoms with Crippen LogP contribution in [0.5, 0.6) is 0 Å². The zero-order valence-electron chi connectivity index (χ0n) is 11.3. The first-order valence-electron chi connectivity index (χ1n) is 6.43. The van der Waals surface area contributed by atoms with Crippen LogP contribution in [0.25, 0.3) is 11.1 Å². The quantitative estimate of drug-likeness (QED) is 0.861. The molecule has 1 aromatic heterocycles. The number of amides is 1.